The molecular weight excluding hydrogens is 374 g/mol. The molecule has 0 amide bonds. The number of para-hydroxylation sites is 2. The van der Waals surface area contributed by atoms with Crippen LogP contribution in [0.2, 0.25) is 5.02 Å². The van der Waals surface area contributed by atoms with E-state index in [1.807, 2.05) is 36.4 Å². The molecule has 1 atom stereocenters. The molecule has 6 nitrogen and oxygen atoms in total. The van der Waals surface area contributed by atoms with Gasteiger partial charge < -0.3 is 20.6 Å². The predicted molar refractivity (Wildman–Crippen MR) is 114 cm³/mol. The number of rotatable bonds is 4. The van der Waals surface area contributed by atoms with Crippen LogP contribution < -0.4 is 16.2 Å². The third-order valence-corrected chi connectivity index (χ3v) is 5.53. The molecule has 0 radical (unpaired) electrons. The average molecular weight is 394 g/mol. The van der Waals surface area contributed by atoms with Crippen molar-refractivity contribution in [1.82, 2.24) is 20.3 Å². The summed E-state index contributed by atoms with van der Waals surface area (Å²) in [6, 6.07) is 13.7. The number of pyridine rings is 1. The van der Waals surface area contributed by atoms with Crippen molar-refractivity contribution in [3.63, 3.8) is 0 Å². The highest BCUT2D eigenvalue weighted by Gasteiger charge is 2.20. The maximum Gasteiger partial charge on any atom is 0.261 e. The zero-order valence-electron chi connectivity index (χ0n) is 15.2. The van der Waals surface area contributed by atoms with Crippen molar-refractivity contribution in [2.45, 2.75) is 18.9 Å². The minimum atomic E-state index is -0.198. The van der Waals surface area contributed by atoms with Crippen LogP contribution in [0.1, 0.15) is 12.8 Å². The van der Waals surface area contributed by atoms with Gasteiger partial charge in [-0.25, -0.2) is 4.98 Å². The van der Waals surface area contributed by atoms with Gasteiger partial charge in [0.25, 0.3) is 5.56 Å². The second kappa shape index (κ2) is 6.96. The molecule has 1 fully saturated rings. The summed E-state index contributed by atoms with van der Waals surface area (Å²) in [6.07, 6.45) is 2.30. The quantitative estimate of drug-likeness (QED) is 0.423. The molecule has 5 rings (SSSR count). The molecule has 3 heterocycles. The normalized spacial score (nSPS) is 16.8. The van der Waals surface area contributed by atoms with Crippen LogP contribution in [0.15, 0.2) is 47.3 Å². The molecule has 0 unspecified atom stereocenters. The molecule has 4 aromatic rings. The Kier molecular flexibility index (Phi) is 4.30. The van der Waals surface area contributed by atoms with Gasteiger partial charge in [0.15, 0.2) is 0 Å². The second-order valence-corrected chi connectivity index (χ2v) is 7.61. The number of nitrogens with one attached hydrogen (secondary N) is 4. The van der Waals surface area contributed by atoms with Crippen molar-refractivity contribution in [3.05, 3.63) is 57.8 Å². The SMILES string of the molecule is O=c1[nH]c2cc(Cl)ccc2c(NC[C@@H]2CCCN2)c1-c1nc2ccccc2[nH]1. The Hall–Kier alpha value is -2.83. The van der Waals surface area contributed by atoms with E-state index >= 15 is 0 Å². The van der Waals surface area contributed by atoms with Gasteiger partial charge in [0.05, 0.1) is 22.2 Å². The molecule has 1 aliphatic heterocycles. The zero-order valence-corrected chi connectivity index (χ0v) is 15.9. The van der Waals surface area contributed by atoms with E-state index in [1.165, 1.54) is 6.42 Å². The molecule has 2 aromatic carbocycles. The lowest BCUT2D eigenvalue weighted by molar-refractivity contribution is 0.634. The third kappa shape index (κ3) is 3.04. The summed E-state index contributed by atoms with van der Waals surface area (Å²) in [5.41, 5.74) is 3.54. The lowest BCUT2D eigenvalue weighted by Crippen LogP contribution is -2.30. The van der Waals surface area contributed by atoms with Crippen LogP contribution in [-0.4, -0.2) is 34.1 Å². The van der Waals surface area contributed by atoms with Crippen molar-refractivity contribution in [2.24, 2.45) is 0 Å². The van der Waals surface area contributed by atoms with E-state index in [1.54, 1.807) is 6.07 Å². The number of anilines is 1. The minimum Gasteiger partial charge on any atom is -0.382 e. The molecule has 4 N–H and O–H groups in total. The Morgan fingerprint density at radius 1 is 1.14 bits per heavy atom. The summed E-state index contributed by atoms with van der Waals surface area (Å²) in [7, 11) is 0. The van der Waals surface area contributed by atoms with Crippen LogP contribution in [0.25, 0.3) is 33.3 Å². The smallest absolute Gasteiger partial charge is 0.261 e. The van der Waals surface area contributed by atoms with Crippen LogP contribution in [0.5, 0.6) is 0 Å². The van der Waals surface area contributed by atoms with Crippen LogP contribution >= 0.6 is 11.6 Å². The lowest BCUT2D eigenvalue weighted by atomic mass is 10.1. The molecule has 0 bridgehead atoms. The van der Waals surface area contributed by atoms with E-state index in [4.69, 9.17) is 11.6 Å². The summed E-state index contributed by atoms with van der Waals surface area (Å²) in [6.45, 7) is 1.78. The summed E-state index contributed by atoms with van der Waals surface area (Å²) in [5.74, 6) is 0.557. The van der Waals surface area contributed by atoms with Gasteiger partial charge in [-0.1, -0.05) is 23.7 Å². The van der Waals surface area contributed by atoms with Gasteiger partial charge in [-0.15, -0.1) is 0 Å². The average Bonchev–Trinajstić information content (AvgIpc) is 3.34. The fourth-order valence-corrected chi connectivity index (χ4v) is 4.08. The zero-order chi connectivity index (χ0) is 19.1. The second-order valence-electron chi connectivity index (χ2n) is 7.17. The summed E-state index contributed by atoms with van der Waals surface area (Å²) >= 11 is 6.14. The first-order chi connectivity index (χ1) is 13.7. The fourth-order valence-electron chi connectivity index (χ4n) is 3.91. The summed E-state index contributed by atoms with van der Waals surface area (Å²) in [4.78, 5) is 23.9. The Morgan fingerprint density at radius 2 is 2.04 bits per heavy atom. The molecule has 28 heavy (non-hydrogen) atoms. The van der Waals surface area contributed by atoms with Gasteiger partial charge in [-0.2, -0.15) is 0 Å². The molecule has 1 aliphatic rings. The van der Waals surface area contributed by atoms with Crippen molar-refractivity contribution >= 4 is 39.2 Å². The maximum atomic E-state index is 13.0. The van der Waals surface area contributed by atoms with E-state index < -0.39 is 0 Å². The summed E-state index contributed by atoms with van der Waals surface area (Å²) < 4.78 is 0. The van der Waals surface area contributed by atoms with Crippen LogP contribution in [0.4, 0.5) is 5.69 Å². The van der Waals surface area contributed by atoms with E-state index in [2.05, 4.69) is 25.6 Å². The number of fused-ring (bicyclic) bond motifs is 2. The van der Waals surface area contributed by atoms with Crippen LogP contribution in [0, 0.1) is 0 Å². The van der Waals surface area contributed by atoms with Gasteiger partial charge in [-0.05, 0) is 49.7 Å². The minimum absolute atomic E-state index is 0.198. The number of aromatic nitrogens is 3. The molecule has 1 saturated heterocycles. The first-order valence-corrected chi connectivity index (χ1v) is 9.85. The van der Waals surface area contributed by atoms with Crippen molar-refractivity contribution in [1.29, 1.82) is 0 Å². The number of halogens is 1. The topological polar surface area (TPSA) is 85.6 Å². The van der Waals surface area contributed by atoms with E-state index in [0.717, 1.165) is 41.6 Å². The van der Waals surface area contributed by atoms with Gasteiger partial charge in [0.2, 0.25) is 0 Å². The molecule has 0 aliphatic carbocycles. The highest BCUT2D eigenvalue weighted by Crippen LogP contribution is 2.32. The van der Waals surface area contributed by atoms with Gasteiger partial charge in [-0.3, -0.25) is 4.79 Å². The van der Waals surface area contributed by atoms with Crippen molar-refractivity contribution in [3.8, 4) is 11.4 Å². The monoisotopic (exact) mass is 393 g/mol. The molecule has 142 valence electrons. The first-order valence-electron chi connectivity index (χ1n) is 9.47. The molecule has 0 saturated carbocycles. The van der Waals surface area contributed by atoms with E-state index in [-0.39, 0.29) is 5.56 Å². The van der Waals surface area contributed by atoms with E-state index in [9.17, 15) is 4.79 Å². The Bertz CT molecular complexity index is 1190. The van der Waals surface area contributed by atoms with Crippen LogP contribution in [-0.2, 0) is 0 Å². The predicted octanol–water partition coefficient (Wildman–Crippen LogP) is 3.89. The van der Waals surface area contributed by atoms with Crippen LogP contribution in [0.3, 0.4) is 0 Å². The number of imidazole rings is 1. The number of H-pyrrole nitrogens is 2. The maximum absolute atomic E-state index is 13.0. The number of benzene rings is 2. The molecule has 7 heteroatoms. The highest BCUT2D eigenvalue weighted by molar-refractivity contribution is 6.31. The number of nitrogens with zero attached hydrogens (tertiary/aromatic N) is 1. The van der Waals surface area contributed by atoms with Gasteiger partial charge in [0.1, 0.15) is 11.4 Å². The Morgan fingerprint density at radius 3 is 2.86 bits per heavy atom. The lowest BCUT2D eigenvalue weighted by Gasteiger charge is -2.17. The Labute approximate surface area is 166 Å². The van der Waals surface area contributed by atoms with E-state index in [0.29, 0.717) is 28.0 Å². The summed E-state index contributed by atoms with van der Waals surface area (Å²) in [5, 5.41) is 8.50. The third-order valence-electron chi connectivity index (χ3n) is 5.29. The molecule has 2 aromatic heterocycles. The van der Waals surface area contributed by atoms with Crippen molar-refractivity contribution in [2.75, 3.05) is 18.4 Å². The standard InChI is InChI=1S/C21H20ClN5O/c22-12-7-8-14-17(10-12)27-21(28)18(19(14)24-11-13-4-3-9-23-13)20-25-15-5-1-2-6-16(15)26-20/h1-2,5-8,10,13,23H,3-4,9,11H2,(H,25,26)(H2,24,27,28)/t13-/m0/s1. The Balaban J connectivity index is 1.69. The first kappa shape index (κ1) is 17.3. The van der Waals surface area contributed by atoms with Gasteiger partial charge in [0, 0.05) is 23.0 Å². The number of hydrogen-bond acceptors (Lipinski definition) is 4. The molecular formula is C21H20ClN5O. The largest absolute Gasteiger partial charge is 0.382 e. The molecule has 0 spiro atoms. The fraction of sp³-hybridized carbons (Fsp3) is 0.238. The van der Waals surface area contributed by atoms with Crippen molar-refractivity contribution < 1.29 is 0 Å². The van der Waals surface area contributed by atoms with Gasteiger partial charge >= 0.3 is 0 Å². The number of aromatic amines is 2. The number of hydrogen-bond donors (Lipinski definition) is 4. The highest BCUT2D eigenvalue weighted by atomic mass is 35.5.